The van der Waals surface area contributed by atoms with Gasteiger partial charge in [-0.1, -0.05) is 30.3 Å². The number of benzene rings is 2. The lowest BCUT2D eigenvalue weighted by Crippen LogP contribution is -2.36. The maximum atomic E-state index is 13.3. The van der Waals surface area contributed by atoms with Crippen molar-refractivity contribution in [1.29, 1.82) is 5.41 Å². The molecule has 0 spiro atoms. The molecule has 196 valence electrons. The average Bonchev–Trinajstić information content (AvgIpc) is 3.23. The van der Waals surface area contributed by atoms with Crippen LogP contribution in [-0.4, -0.2) is 46.2 Å². The minimum absolute atomic E-state index is 0. The molecule has 0 saturated carbocycles. The van der Waals surface area contributed by atoms with Gasteiger partial charge in [0, 0.05) is 54.3 Å². The van der Waals surface area contributed by atoms with Crippen molar-refractivity contribution in [2.75, 3.05) is 18.1 Å². The second-order valence-electron chi connectivity index (χ2n) is 8.50. The monoisotopic (exact) mass is 533 g/mol. The topological polar surface area (TPSA) is 131 Å². The standard InChI is InChI=1S/C28H27N5O4.ClH/c1-3-37-26(35)17-33(28(36)20-5-4-12-31-15-20)21-10-11-22-23(16-32(2)24(22)14-21)25(34)13-18-6-8-19(9-7-18)27(29)30;/h4-12,14-16H,3,13,17H2,1-2H3,(H3,29,30);1H. The maximum absolute atomic E-state index is 13.3. The quantitative estimate of drug-likeness (QED) is 0.145. The number of aryl methyl sites for hydroxylation is 1. The van der Waals surface area contributed by atoms with E-state index < -0.39 is 5.97 Å². The van der Waals surface area contributed by atoms with Gasteiger partial charge in [0.25, 0.3) is 5.91 Å². The van der Waals surface area contributed by atoms with Crippen LogP contribution in [-0.2, 0) is 23.0 Å². The Kier molecular flexibility index (Phi) is 8.98. The summed E-state index contributed by atoms with van der Waals surface area (Å²) in [6.45, 7) is 1.64. The molecule has 10 heteroatoms. The van der Waals surface area contributed by atoms with Crippen molar-refractivity contribution in [2.24, 2.45) is 12.8 Å². The van der Waals surface area contributed by atoms with Gasteiger partial charge >= 0.3 is 5.97 Å². The van der Waals surface area contributed by atoms with E-state index in [1.807, 2.05) is 11.6 Å². The molecule has 0 fully saturated rings. The molecule has 0 aliphatic carbocycles. The van der Waals surface area contributed by atoms with Crippen LogP contribution in [0.3, 0.4) is 0 Å². The number of fused-ring (bicyclic) bond motifs is 1. The normalized spacial score (nSPS) is 10.5. The zero-order valence-corrected chi connectivity index (χ0v) is 21.8. The molecule has 0 radical (unpaired) electrons. The number of nitrogens with zero attached hydrogens (tertiary/aromatic N) is 3. The van der Waals surface area contributed by atoms with Gasteiger partial charge in [-0.15, -0.1) is 12.4 Å². The van der Waals surface area contributed by atoms with Crippen molar-refractivity contribution in [3.05, 3.63) is 95.4 Å². The molecule has 38 heavy (non-hydrogen) atoms. The molecule has 0 bridgehead atoms. The van der Waals surface area contributed by atoms with E-state index in [1.165, 1.54) is 11.1 Å². The van der Waals surface area contributed by atoms with E-state index in [0.717, 1.165) is 16.5 Å². The summed E-state index contributed by atoms with van der Waals surface area (Å²) in [6, 6.07) is 15.6. The molecule has 2 aromatic carbocycles. The minimum atomic E-state index is -0.529. The zero-order chi connectivity index (χ0) is 26.5. The Balaban J connectivity index is 0.00000400. The Morgan fingerprint density at radius 3 is 2.45 bits per heavy atom. The van der Waals surface area contributed by atoms with Crippen molar-refractivity contribution in [2.45, 2.75) is 13.3 Å². The van der Waals surface area contributed by atoms with Crippen LogP contribution in [0, 0.1) is 5.41 Å². The van der Waals surface area contributed by atoms with Crippen LogP contribution < -0.4 is 10.6 Å². The predicted octanol–water partition coefficient (Wildman–Crippen LogP) is 3.91. The fourth-order valence-corrected chi connectivity index (χ4v) is 4.11. The molecule has 0 atom stereocenters. The number of anilines is 1. The van der Waals surface area contributed by atoms with Crippen LogP contribution in [0.4, 0.5) is 5.69 Å². The number of ether oxygens (including phenoxy) is 1. The highest BCUT2D eigenvalue weighted by atomic mass is 35.5. The minimum Gasteiger partial charge on any atom is -0.465 e. The number of halogens is 1. The molecule has 0 aliphatic rings. The fraction of sp³-hybridized carbons (Fsp3) is 0.179. The van der Waals surface area contributed by atoms with E-state index in [1.54, 1.807) is 73.9 Å². The van der Waals surface area contributed by atoms with Gasteiger partial charge in [0.15, 0.2) is 5.78 Å². The van der Waals surface area contributed by atoms with E-state index in [4.69, 9.17) is 15.9 Å². The van der Waals surface area contributed by atoms with Crippen LogP contribution in [0.15, 0.2) is 73.2 Å². The second-order valence-corrected chi connectivity index (χ2v) is 8.50. The smallest absolute Gasteiger partial charge is 0.326 e. The predicted molar refractivity (Wildman–Crippen MR) is 148 cm³/mol. The Morgan fingerprint density at radius 1 is 1.08 bits per heavy atom. The molecule has 2 aromatic heterocycles. The Hall–Kier alpha value is -4.50. The first kappa shape index (κ1) is 28.1. The number of amides is 1. The molecule has 0 unspecified atom stereocenters. The Morgan fingerprint density at radius 2 is 1.82 bits per heavy atom. The Bertz CT molecular complexity index is 1480. The second kappa shape index (κ2) is 12.2. The number of Topliss-reactive ketones (excluding diaryl/α,β-unsaturated/α-hetero) is 1. The van der Waals surface area contributed by atoms with Crippen molar-refractivity contribution < 1.29 is 19.1 Å². The number of carbonyl (C=O) groups is 3. The lowest BCUT2D eigenvalue weighted by Gasteiger charge is -2.22. The SMILES string of the molecule is CCOC(=O)CN(C(=O)c1cccnc1)c1ccc2c(C(=O)Cc3ccc(C(=N)N)cc3)cn(C)c2c1.Cl. The number of nitrogen functional groups attached to an aromatic ring is 1. The molecular formula is C28H28ClN5O4. The first-order valence-corrected chi connectivity index (χ1v) is 11.7. The molecule has 2 heterocycles. The van der Waals surface area contributed by atoms with E-state index in [9.17, 15) is 14.4 Å². The third-order valence-electron chi connectivity index (χ3n) is 5.96. The summed E-state index contributed by atoms with van der Waals surface area (Å²) in [7, 11) is 1.82. The molecule has 3 N–H and O–H groups in total. The van der Waals surface area contributed by atoms with E-state index in [2.05, 4.69) is 4.98 Å². The third kappa shape index (κ3) is 6.07. The van der Waals surface area contributed by atoms with Gasteiger partial charge in [-0.05, 0) is 36.8 Å². The van der Waals surface area contributed by atoms with E-state index in [0.29, 0.717) is 22.4 Å². The molecule has 4 rings (SSSR count). The van der Waals surface area contributed by atoms with Gasteiger partial charge in [-0.25, -0.2) is 0 Å². The largest absolute Gasteiger partial charge is 0.465 e. The van der Waals surface area contributed by atoms with Gasteiger partial charge in [-0.2, -0.15) is 0 Å². The summed E-state index contributed by atoms with van der Waals surface area (Å²) in [6.07, 6.45) is 4.97. The number of amidine groups is 1. The number of pyridine rings is 1. The molecular weight excluding hydrogens is 506 g/mol. The molecule has 1 amide bonds. The number of hydrogen-bond acceptors (Lipinski definition) is 6. The van der Waals surface area contributed by atoms with Gasteiger partial charge in [-0.3, -0.25) is 29.7 Å². The highest BCUT2D eigenvalue weighted by molar-refractivity contribution is 6.12. The van der Waals surface area contributed by atoms with Crippen molar-refractivity contribution in [1.82, 2.24) is 9.55 Å². The summed E-state index contributed by atoms with van der Waals surface area (Å²) < 4.78 is 6.91. The number of ketones is 1. The first-order valence-electron chi connectivity index (χ1n) is 11.7. The van der Waals surface area contributed by atoms with Crippen LogP contribution in [0.25, 0.3) is 10.9 Å². The number of hydrogen-bond donors (Lipinski definition) is 2. The maximum Gasteiger partial charge on any atom is 0.326 e. The van der Waals surface area contributed by atoms with Crippen LogP contribution in [0.2, 0.25) is 0 Å². The number of rotatable bonds is 9. The number of nitrogens with two attached hydrogens (primary N) is 1. The highest BCUT2D eigenvalue weighted by Gasteiger charge is 2.23. The highest BCUT2D eigenvalue weighted by Crippen LogP contribution is 2.28. The lowest BCUT2D eigenvalue weighted by molar-refractivity contribution is -0.141. The molecule has 4 aromatic rings. The van der Waals surface area contributed by atoms with Crippen molar-refractivity contribution in [3.63, 3.8) is 0 Å². The summed E-state index contributed by atoms with van der Waals surface area (Å²) in [4.78, 5) is 44.1. The summed E-state index contributed by atoms with van der Waals surface area (Å²) in [5.74, 6) is -1.01. The summed E-state index contributed by atoms with van der Waals surface area (Å²) in [5, 5.41) is 8.25. The number of carbonyl (C=O) groups excluding carboxylic acids is 3. The van der Waals surface area contributed by atoms with Crippen molar-refractivity contribution >= 4 is 52.5 Å². The van der Waals surface area contributed by atoms with Crippen LogP contribution in [0.5, 0.6) is 0 Å². The van der Waals surface area contributed by atoms with E-state index >= 15 is 0 Å². The van der Waals surface area contributed by atoms with Gasteiger partial charge in [0.05, 0.1) is 17.7 Å². The lowest BCUT2D eigenvalue weighted by atomic mass is 10.0. The number of esters is 1. The zero-order valence-electron chi connectivity index (χ0n) is 21.0. The van der Waals surface area contributed by atoms with Crippen LogP contribution >= 0.6 is 12.4 Å². The fourth-order valence-electron chi connectivity index (χ4n) is 4.11. The number of nitrogens with one attached hydrogen (secondary N) is 1. The third-order valence-corrected chi connectivity index (χ3v) is 5.96. The number of aromatic nitrogens is 2. The van der Waals surface area contributed by atoms with Gasteiger partial charge in [0.1, 0.15) is 12.4 Å². The van der Waals surface area contributed by atoms with Gasteiger partial charge < -0.3 is 15.0 Å². The first-order chi connectivity index (χ1) is 17.8. The van der Waals surface area contributed by atoms with Crippen molar-refractivity contribution in [3.8, 4) is 0 Å². The molecule has 0 saturated heterocycles. The summed E-state index contributed by atoms with van der Waals surface area (Å²) in [5.41, 5.74) is 9.04. The molecule has 0 aliphatic heterocycles. The molecule has 9 nitrogen and oxygen atoms in total. The van der Waals surface area contributed by atoms with E-state index in [-0.39, 0.29) is 49.5 Å². The van der Waals surface area contributed by atoms with Gasteiger partial charge in [0.2, 0.25) is 0 Å². The van der Waals surface area contributed by atoms with Crippen LogP contribution in [0.1, 0.15) is 38.8 Å². The average molecular weight is 534 g/mol. The Labute approximate surface area is 226 Å². The summed E-state index contributed by atoms with van der Waals surface area (Å²) >= 11 is 0.